The van der Waals surface area contributed by atoms with Gasteiger partial charge >= 0.3 is 5.97 Å². The summed E-state index contributed by atoms with van der Waals surface area (Å²) in [6.07, 6.45) is 7.61. The number of hydrogen-bond acceptors (Lipinski definition) is 3. The first-order valence-corrected chi connectivity index (χ1v) is 8.95. The van der Waals surface area contributed by atoms with Crippen LogP contribution >= 0.6 is 11.8 Å². The van der Waals surface area contributed by atoms with Crippen LogP contribution in [0.2, 0.25) is 0 Å². The second-order valence-corrected chi connectivity index (χ2v) is 6.82. The van der Waals surface area contributed by atoms with Crippen LogP contribution in [0.5, 0.6) is 0 Å². The van der Waals surface area contributed by atoms with Gasteiger partial charge in [0, 0.05) is 5.75 Å². The van der Waals surface area contributed by atoms with Gasteiger partial charge in [0.25, 0.3) is 0 Å². The molecule has 1 aromatic rings. The van der Waals surface area contributed by atoms with E-state index in [2.05, 4.69) is 36.5 Å². The zero-order valence-electron chi connectivity index (χ0n) is 12.7. The summed E-state index contributed by atoms with van der Waals surface area (Å²) in [6, 6.07) is 8.17. The minimum absolute atomic E-state index is 0.117. The van der Waals surface area contributed by atoms with E-state index in [1.165, 1.54) is 43.2 Å². The molecule has 0 saturated carbocycles. The molecule has 0 spiro atoms. The number of benzene rings is 1. The van der Waals surface area contributed by atoms with E-state index in [1.807, 2.05) is 0 Å². The Balaban J connectivity index is 1.85. The Kier molecular flexibility index (Phi) is 6.58. The standard InChI is InChI=1S/C17H25NO2S/c1-2-3-4-5-6-8-13-9-7-10-14(11-13)16-18-15(12-21-16)17(19)20/h7,9-11,15-16,18H,2-6,8,12H2,1H3,(H,19,20)/t15-,16?/m0/s1. The van der Waals surface area contributed by atoms with Gasteiger partial charge in [-0.2, -0.15) is 0 Å². The SMILES string of the molecule is CCCCCCCc1cccc(C2N[C@H](C(=O)O)CS2)c1. The van der Waals surface area contributed by atoms with Gasteiger partial charge in [0.05, 0.1) is 5.37 Å². The summed E-state index contributed by atoms with van der Waals surface area (Å²) >= 11 is 1.68. The number of unbranched alkanes of at least 4 members (excludes halogenated alkanes) is 4. The van der Waals surface area contributed by atoms with Crippen molar-refractivity contribution in [2.24, 2.45) is 0 Å². The average molecular weight is 307 g/mol. The molecule has 116 valence electrons. The van der Waals surface area contributed by atoms with E-state index in [0.29, 0.717) is 5.75 Å². The Bertz CT molecular complexity index is 464. The normalized spacial score (nSPS) is 21.6. The van der Waals surface area contributed by atoms with E-state index in [9.17, 15) is 4.79 Å². The van der Waals surface area contributed by atoms with Gasteiger partial charge in [-0.15, -0.1) is 11.8 Å². The highest BCUT2D eigenvalue weighted by molar-refractivity contribution is 7.99. The monoisotopic (exact) mass is 307 g/mol. The minimum atomic E-state index is -0.753. The van der Waals surface area contributed by atoms with Crippen LogP contribution in [0.15, 0.2) is 24.3 Å². The van der Waals surface area contributed by atoms with Crippen LogP contribution in [0, 0.1) is 0 Å². The molecule has 0 aromatic heterocycles. The maximum absolute atomic E-state index is 11.0. The van der Waals surface area contributed by atoms with E-state index >= 15 is 0 Å². The van der Waals surface area contributed by atoms with Gasteiger partial charge in [0.2, 0.25) is 0 Å². The quantitative estimate of drug-likeness (QED) is 0.713. The summed E-state index contributed by atoms with van der Waals surface area (Å²) in [5.74, 6) is -0.113. The predicted octanol–water partition coefficient (Wildman–Crippen LogP) is 3.99. The average Bonchev–Trinajstić information content (AvgIpc) is 2.97. The lowest BCUT2D eigenvalue weighted by molar-refractivity contribution is -0.138. The highest BCUT2D eigenvalue weighted by atomic mass is 32.2. The lowest BCUT2D eigenvalue weighted by Crippen LogP contribution is -2.33. The highest BCUT2D eigenvalue weighted by Gasteiger charge is 2.30. The van der Waals surface area contributed by atoms with E-state index in [4.69, 9.17) is 5.11 Å². The van der Waals surface area contributed by atoms with E-state index in [1.54, 1.807) is 11.8 Å². The number of nitrogens with one attached hydrogen (secondary N) is 1. The Hall–Kier alpha value is -1.00. The number of carbonyl (C=O) groups is 1. The van der Waals surface area contributed by atoms with E-state index < -0.39 is 12.0 Å². The first kappa shape index (κ1) is 16.4. The fraction of sp³-hybridized carbons (Fsp3) is 0.588. The summed E-state index contributed by atoms with van der Waals surface area (Å²) in [4.78, 5) is 11.0. The Morgan fingerprint density at radius 1 is 1.33 bits per heavy atom. The van der Waals surface area contributed by atoms with Gasteiger partial charge in [0.1, 0.15) is 6.04 Å². The van der Waals surface area contributed by atoms with Crippen molar-refractivity contribution in [2.75, 3.05) is 5.75 Å². The molecule has 1 aliphatic rings. The second kappa shape index (κ2) is 8.44. The van der Waals surface area contributed by atoms with Crippen molar-refractivity contribution < 1.29 is 9.90 Å². The second-order valence-electron chi connectivity index (χ2n) is 5.68. The molecule has 1 heterocycles. The van der Waals surface area contributed by atoms with Crippen LogP contribution in [-0.4, -0.2) is 22.9 Å². The third-order valence-corrected chi connectivity index (χ3v) is 5.17. The molecule has 0 aliphatic carbocycles. The lowest BCUT2D eigenvalue weighted by atomic mass is 10.0. The number of aliphatic carboxylic acids is 1. The molecular formula is C17H25NO2S. The summed E-state index contributed by atoms with van der Waals surface area (Å²) in [6.45, 7) is 2.24. The van der Waals surface area contributed by atoms with E-state index in [0.717, 1.165) is 6.42 Å². The topological polar surface area (TPSA) is 49.3 Å². The predicted molar refractivity (Wildman–Crippen MR) is 88.7 cm³/mol. The van der Waals surface area contributed by atoms with Crippen molar-refractivity contribution >= 4 is 17.7 Å². The summed E-state index contributed by atoms with van der Waals surface area (Å²) in [5, 5.41) is 12.3. The van der Waals surface area contributed by atoms with Crippen LogP contribution < -0.4 is 5.32 Å². The zero-order chi connectivity index (χ0) is 15.1. The van der Waals surface area contributed by atoms with Crippen molar-refractivity contribution in [3.05, 3.63) is 35.4 Å². The number of hydrogen-bond donors (Lipinski definition) is 2. The first-order valence-electron chi connectivity index (χ1n) is 7.90. The van der Waals surface area contributed by atoms with Gasteiger partial charge in [-0.1, -0.05) is 56.9 Å². The number of thioether (sulfide) groups is 1. The zero-order valence-corrected chi connectivity index (χ0v) is 13.5. The Morgan fingerprint density at radius 3 is 2.86 bits per heavy atom. The van der Waals surface area contributed by atoms with Crippen molar-refractivity contribution in [2.45, 2.75) is 56.9 Å². The molecular weight excluding hydrogens is 282 g/mol. The molecule has 2 N–H and O–H groups in total. The molecule has 2 rings (SSSR count). The molecule has 1 aliphatic heterocycles. The highest BCUT2D eigenvalue weighted by Crippen LogP contribution is 2.33. The Labute approximate surface area is 131 Å². The van der Waals surface area contributed by atoms with Gasteiger partial charge in [-0.05, 0) is 24.0 Å². The fourth-order valence-electron chi connectivity index (χ4n) is 2.65. The molecule has 1 aromatic carbocycles. The van der Waals surface area contributed by atoms with Crippen molar-refractivity contribution in [3.8, 4) is 0 Å². The van der Waals surface area contributed by atoms with Crippen LogP contribution in [0.25, 0.3) is 0 Å². The largest absolute Gasteiger partial charge is 0.480 e. The molecule has 0 amide bonds. The molecule has 1 saturated heterocycles. The van der Waals surface area contributed by atoms with E-state index in [-0.39, 0.29) is 5.37 Å². The lowest BCUT2D eigenvalue weighted by Gasteiger charge is -2.12. The molecule has 0 radical (unpaired) electrons. The van der Waals surface area contributed by atoms with Crippen LogP contribution in [0.3, 0.4) is 0 Å². The smallest absolute Gasteiger partial charge is 0.321 e. The number of aryl methyl sites for hydroxylation is 1. The van der Waals surface area contributed by atoms with Crippen molar-refractivity contribution in [1.82, 2.24) is 5.32 Å². The molecule has 0 bridgehead atoms. The molecule has 3 nitrogen and oxygen atoms in total. The number of rotatable bonds is 8. The molecule has 2 atom stereocenters. The fourth-order valence-corrected chi connectivity index (χ4v) is 3.87. The number of carboxylic acids is 1. The van der Waals surface area contributed by atoms with Crippen LogP contribution in [0.4, 0.5) is 0 Å². The summed E-state index contributed by atoms with van der Waals surface area (Å²) < 4.78 is 0. The van der Waals surface area contributed by atoms with Gasteiger partial charge in [0.15, 0.2) is 0 Å². The number of carboxylic acid groups (broad SMARTS) is 1. The maximum Gasteiger partial charge on any atom is 0.321 e. The van der Waals surface area contributed by atoms with Crippen LogP contribution in [-0.2, 0) is 11.2 Å². The van der Waals surface area contributed by atoms with Crippen LogP contribution in [0.1, 0.15) is 55.5 Å². The molecule has 1 unspecified atom stereocenters. The third kappa shape index (κ3) is 5.04. The molecule has 1 fully saturated rings. The van der Waals surface area contributed by atoms with Gasteiger partial charge in [-0.25, -0.2) is 0 Å². The van der Waals surface area contributed by atoms with Crippen molar-refractivity contribution in [3.63, 3.8) is 0 Å². The summed E-state index contributed by atoms with van der Waals surface area (Å²) in [5.41, 5.74) is 2.57. The first-order chi connectivity index (χ1) is 10.2. The molecule has 4 heteroatoms. The summed E-state index contributed by atoms with van der Waals surface area (Å²) in [7, 11) is 0. The third-order valence-electron chi connectivity index (χ3n) is 3.90. The van der Waals surface area contributed by atoms with Crippen molar-refractivity contribution in [1.29, 1.82) is 0 Å². The molecule has 21 heavy (non-hydrogen) atoms. The minimum Gasteiger partial charge on any atom is -0.480 e. The van der Waals surface area contributed by atoms with Gasteiger partial charge in [-0.3, -0.25) is 10.1 Å². The maximum atomic E-state index is 11.0. The van der Waals surface area contributed by atoms with Gasteiger partial charge < -0.3 is 5.11 Å². The Morgan fingerprint density at radius 2 is 2.14 bits per heavy atom.